The number of anilines is 2. The fraction of sp³-hybridized carbons (Fsp3) is 0.370. The summed E-state index contributed by atoms with van der Waals surface area (Å²) < 4.78 is 14.5. The average Bonchev–Trinajstić information content (AvgIpc) is 3.59. The van der Waals surface area contributed by atoms with Crippen LogP contribution in [0.25, 0.3) is 10.9 Å². The molecule has 1 atom stereocenters. The van der Waals surface area contributed by atoms with Gasteiger partial charge in [0.15, 0.2) is 0 Å². The zero-order chi connectivity index (χ0) is 27.2. The van der Waals surface area contributed by atoms with Crippen molar-refractivity contribution in [3.05, 3.63) is 70.2 Å². The van der Waals surface area contributed by atoms with Gasteiger partial charge in [-0.2, -0.15) is 5.26 Å². The largest absolute Gasteiger partial charge is 0.383 e. The molecule has 0 radical (unpaired) electrons. The number of aryl methyl sites for hydroxylation is 1. The maximum Gasteiger partial charge on any atom is 0.148 e. The van der Waals surface area contributed by atoms with Crippen LogP contribution in [0.2, 0.25) is 5.02 Å². The van der Waals surface area contributed by atoms with E-state index in [9.17, 15) is 9.65 Å². The van der Waals surface area contributed by atoms with Crippen molar-refractivity contribution >= 4 is 41.7 Å². The zero-order valence-electron chi connectivity index (χ0n) is 22.2. The van der Waals surface area contributed by atoms with Crippen LogP contribution in [0.4, 0.5) is 15.8 Å². The number of pyridine rings is 2. The molecule has 1 aromatic carbocycles. The Morgan fingerprint density at radius 3 is 2.68 bits per heavy atom. The van der Waals surface area contributed by atoms with Crippen molar-refractivity contribution in [2.75, 3.05) is 17.2 Å². The summed E-state index contributed by atoms with van der Waals surface area (Å²) >= 11 is 6.75. The first-order chi connectivity index (χ1) is 18.0. The van der Waals surface area contributed by atoms with Crippen LogP contribution in [-0.2, 0) is 5.44 Å². The molecule has 8 nitrogen and oxygen atoms in total. The number of rotatable bonds is 7. The highest BCUT2D eigenvalue weighted by molar-refractivity contribution is 6.36. The number of hydrogen-bond acceptors (Lipinski definition) is 8. The lowest BCUT2D eigenvalue weighted by molar-refractivity contribution is 0.260. The normalized spacial score (nSPS) is 17.0. The van der Waals surface area contributed by atoms with Crippen molar-refractivity contribution in [3.8, 4) is 6.07 Å². The van der Waals surface area contributed by atoms with Crippen molar-refractivity contribution in [1.29, 1.82) is 5.26 Å². The number of nitrogens with one attached hydrogen (secondary N) is 4. The average molecular weight is 533 g/mol. The molecule has 0 bridgehead atoms. The summed E-state index contributed by atoms with van der Waals surface area (Å²) in [7, 11) is 1.98. The van der Waals surface area contributed by atoms with Crippen molar-refractivity contribution in [2.45, 2.75) is 52.0 Å². The Hall–Kier alpha value is -3.55. The minimum Gasteiger partial charge on any atom is -0.383 e. The number of hydrazine groups is 2. The molecule has 0 saturated heterocycles. The highest BCUT2D eigenvalue weighted by Gasteiger charge is 2.39. The summed E-state index contributed by atoms with van der Waals surface area (Å²) in [4.78, 5) is 8.76. The smallest absolute Gasteiger partial charge is 0.148 e. The van der Waals surface area contributed by atoms with E-state index in [0.29, 0.717) is 51.3 Å². The van der Waals surface area contributed by atoms with Gasteiger partial charge in [0, 0.05) is 41.8 Å². The van der Waals surface area contributed by atoms with Crippen LogP contribution in [0.5, 0.6) is 0 Å². The van der Waals surface area contributed by atoms with E-state index in [4.69, 9.17) is 11.6 Å². The quantitative estimate of drug-likeness (QED) is 0.335. The summed E-state index contributed by atoms with van der Waals surface area (Å²) in [6.45, 7) is 8.88. The van der Waals surface area contributed by atoms with Gasteiger partial charge in [-0.15, -0.1) is 5.53 Å². The van der Waals surface area contributed by atoms with Gasteiger partial charge in [-0.25, -0.2) is 4.39 Å². The van der Waals surface area contributed by atoms with E-state index >= 15 is 0 Å². The molecule has 2 aliphatic rings. The Morgan fingerprint density at radius 2 is 2.00 bits per heavy atom. The first-order valence-electron chi connectivity index (χ1n) is 12.7. The molecule has 2 aromatic heterocycles. The number of halogens is 2. The second kappa shape index (κ2) is 9.64. The number of hydrogen-bond donors (Lipinski definition) is 4. The Balaban J connectivity index is 1.63. The lowest BCUT2D eigenvalue weighted by atomic mass is 9.69. The Labute approximate surface area is 228 Å². The predicted octanol–water partition coefficient (Wildman–Crippen LogP) is 4.29. The Morgan fingerprint density at radius 1 is 1.24 bits per heavy atom. The molecule has 1 fully saturated rings. The van der Waals surface area contributed by atoms with Gasteiger partial charge in [-0.1, -0.05) is 32.4 Å². The third-order valence-corrected chi connectivity index (χ3v) is 7.18. The molecule has 1 saturated carbocycles. The minimum atomic E-state index is -0.897. The second-order valence-electron chi connectivity index (χ2n) is 11.4. The van der Waals surface area contributed by atoms with Crippen molar-refractivity contribution in [3.63, 3.8) is 0 Å². The topological polar surface area (TPSA) is 101 Å². The molecule has 3 aromatic rings. The second-order valence-corrected chi connectivity index (χ2v) is 11.8. The maximum atomic E-state index is 14.5. The Bertz CT molecular complexity index is 1480. The lowest BCUT2D eigenvalue weighted by Crippen LogP contribution is -2.46. The summed E-state index contributed by atoms with van der Waals surface area (Å²) in [5.74, 6) is -0.419. The predicted molar refractivity (Wildman–Crippen MR) is 151 cm³/mol. The molecule has 1 aliphatic carbocycles. The van der Waals surface area contributed by atoms with Crippen LogP contribution >= 0.6 is 11.6 Å². The summed E-state index contributed by atoms with van der Waals surface area (Å²) in [6, 6.07) is 7.92. The summed E-state index contributed by atoms with van der Waals surface area (Å²) in [6.07, 6.45) is 7.01. The molecule has 5 rings (SSSR count). The highest BCUT2D eigenvalue weighted by atomic mass is 35.5. The van der Waals surface area contributed by atoms with Crippen LogP contribution in [-0.4, -0.2) is 35.4 Å². The van der Waals surface area contributed by atoms with Crippen molar-refractivity contribution < 1.29 is 4.39 Å². The number of nitriles is 1. The standard InChI is InChI=1S/C27H31BClFN8/c1-15-21(7-17(30)12-32-15)27(28,23-13-38(37-36-23)19-5-6-19)35-18-8-20-24(34-14-26(2,3)4)16(10-31)11-33-25(20)22(29)9-18/h7-9,11-13,19,35-37H,5-6,14,28H2,1-4H3,(H,33,34)/t27-/m0/s1. The molecule has 4 N–H and O–H groups in total. The van der Waals surface area contributed by atoms with E-state index in [1.165, 1.54) is 12.3 Å². The van der Waals surface area contributed by atoms with Crippen molar-refractivity contribution in [1.82, 2.24) is 25.9 Å². The van der Waals surface area contributed by atoms with Crippen molar-refractivity contribution in [2.24, 2.45) is 5.41 Å². The van der Waals surface area contributed by atoms with E-state index in [0.717, 1.165) is 23.9 Å². The monoisotopic (exact) mass is 532 g/mol. The number of fused-ring (bicyclic) bond motifs is 1. The lowest BCUT2D eigenvalue weighted by Gasteiger charge is -2.34. The molecular weight excluding hydrogens is 502 g/mol. The molecular formula is C27H31BClFN8. The van der Waals surface area contributed by atoms with E-state index in [1.54, 1.807) is 12.3 Å². The zero-order valence-corrected chi connectivity index (χ0v) is 23.0. The van der Waals surface area contributed by atoms with E-state index in [1.807, 2.05) is 32.0 Å². The van der Waals surface area contributed by atoms with Gasteiger partial charge in [-0.05, 0) is 48.9 Å². The number of benzene rings is 1. The van der Waals surface area contributed by atoms with Crippen LogP contribution in [0, 0.1) is 29.5 Å². The summed E-state index contributed by atoms with van der Waals surface area (Å²) in [5.41, 5.74) is 10.2. The van der Waals surface area contributed by atoms with Gasteiger partial charge in [0.25, 0.3) is 0 Å². The van der Waals surface area contributed by atoms with Crippen LogP contribution in [0.15, 0.2) is 42.5 Å². The minimum absolute atomic E-state index is 0.0104. The van der Waals surface area contributed by atoms with Gasteiger partial charge in [0.05, 0.1) is 39.1 Å². The fourth-order valence-corrected chi connectivity index (χ4v) is 4.94. The molecule has 0 spiro atoms. The van der Waals surface area contributed by atoms with E-state index in [-0.39, 0.29) is 5.41 Å². The highest BCUT2D eigenvalue weighted by Crippen LogP contribution is 2.39. The molecule has 0 amide bonds. The van der Waals surface area contributed by atoms with Crippen LogP contribution < -0.4 is 21.6 Å². The molecule has 38 heavy (non-hydrogen) atoms. The summed E-state index contributed by atoms with van der Waals surface area (Å²) in [5, 5.41) is 20.1. The van der Waals surface area contributed by atoms with E-state index in [2.05, 4.69) is 58.4 Å². The third-order valence-electron chi connectivity index (χ3n) is 6.89. The first kappa shape index (κ1) is 26.1. The van der Waals surface area contributed by atoms with Gasteiger partial charge < -0.3 is 16.1 Å². The molecule has 0 unspecified atom stereocenters. The van der Waals surface area contributed by atoms with Gasteiger partial charge in [-0.3, -0.25) is 15.0 Å². The van der Waals surface area contributed by atoms with Crippen LogP contribution in [0.3, 0.4) is 0 Å². The SMILES string of the molecule is B[C@@](Nc1cc(Cl)c2ncc(C#N)c(NCC(C)(C)C)c2c1)(C1=CN(C2CC2)NN1)c1cc(F)cnc1C. The molecule has 1 aliphatic heterocycles. The number of aromatic nitrogens is 2. The molecule has 3 heterocycles. The van der Waals surface area contributed by atoms with Crippen LogP contribution in [0.1, 0.15) is 50.4 Å². The fourth-order valence-electron chi connectivity index (χ4n) is 4.67. The molecule has 11 heteroatoms. The Kier molecular flexibility index (Phi) is 6.62. The van der Waals surface area contributed by atoms with E-state index < -0.39 is 11.3 Å². The van der Waals surface area contributed by atoms with Gasteiger partial charge in [0.2, 0.25) is 0 Å². The van der Waals surface area contributed by atoms with Gasteiger partial charge >= 0.3 is 0 Å². The first-order valence-corrected chi connectivity index (χ1v) is 13.1. The maximum absolute atomic E-state index is 14.5. The van der Waals surface area contributed by atoms with Gasteiger partial charge in [0.1, 0.15) is 19.7 Å². The number of nitrogens with zero attached hydrogens (tertiary/aromatic N) is 4. The third kappa shape index (κ3) is 5.09. The molecule has 196 valence electrons.